The van der Waals surface area contributed by atoms with Gasteiger partial charge in [-0.1, -0.05) is 0 Å². The lowest BCUT2D eigenvalue weighted by Gasteiger charge is -2.41. The van der Waals surface area contributed by atoms with E-state index in [0.29, 0.717) is 6.42 Å². The molecule has 1 atom stereocenters. The second-order valence-electron chi connectivity index (χ2n) is 4.94. The van der Waals surface area contributed by atoms with Crippen molar-refractivity contribution in [1.29, 1.82) is 0 Å². The zero-order chi connectivity index (χ0) is 10.8. The van der Waals surface area contributed by atoms with Crippen LogP contribution in [0.3, 0.4) is 0 Å². The van der Waals surface area contributed by atoms with Crippen molar-refractivity contribution in [2.75, 3.05) is 19.6 Å². The molecule has 1 aliphatic heterocycles. The molecule has 4 nitrogen and oxygen atoms in total. The van der Waals surface area contributed by atoms with E-state index in [1.807, 2.05) is 0 Å². The summed E-state index contributed by atoms with van der Waals surface area (Å²) in [6, 6.07) is 0.223. The second kappa shape index (κ2) is 4.28. The Kier molecular flexibility index (Phi) is 3.50. The van der Waals surface area contributed by atoms with Gasteiger partial charge in [0.2, 0.25) is 5.91 Å². The smallest absolute Gasteiger partial charge is 0.219 e. The zero-order valence-corrected chi connectivity index (χ0v) is 9.34. The molecule has 1 saturated heterocycles. The number of primary amides is 1. The van der Waals surface area contributed by atoms with E-state index in [4.69, 9.17) is 5.73 Å². The van der Waals surface area contributed by atoms with Gasteiger partial charge in [0.05, 0.1) is 0 Å². The van der Waals surface area contributed by atoms with E-state index in [9.17, 15) is 4.79 Å². The van der Waals surface area contributed by atoms with Crippen LogP contribution >= 0.6 is 0 Å². The minimum Gasteiger partial charge on any atom is -0.370 e. The Morgan fingerprint density at radius 1 is 1.57 bits per heavy atom. The largest absolute Gasteiger partial charge is 0.370 e. The van der Waals surface area contributed by atoms with Crippen molar-refractivity contribution in [1.82, 2.24) is 10.2 Å². The summed E-state index contributed by atoms with van der Waals surface area (Å²) in [5.74, 6) is -0.224. The maximum absolute atomic E-state index is 10.8. The Labute approximate surface area is 85.8 Å². The molecule has 0 radical (unpaired) electrons. The molecule has 0 aromatic rings. The SMILES string of the molecule is CC(C)(C)N1CCN[C@H](CC(N)=O)C1. The monoisotopic (exact) mass is 199 g/mol. The van der Waals surface area contributed by atoms with Gasteiger partial charge in [0.15, 0.2) is 0 Å². The van der Waals surface area contributed by atoms with Crippen molar-refractivity contribution in [3.05, 3.63) is 0 Å². The van der Waals surface area contributed by atoms with Crippen LogP contribution in [-0.4, -0.2) is 42.0 Å². The molecule has 4 heteroatoms. The first-order valence-electron chi connectivity index (χ1n) is 5.16. The average molecular weight is 199 g/mol. The van der Waals surface area contributed by atoms with Crippen LogP contribution in [0.15, 0.2) is 0 Å². The van der Waals surface area contributed by atoms with Crippen LogP contribution in [0.4, 0.5) is 0 Å². The standard InChI is InChI=1S/C10H21N3O/c1-10(2,3)13-5-4-12-8(7-13)6-9(11)14/h8,12H,4-7H2,1-3H3,(H2,11,14)/t8-/m1/s1. The Hall–Kier alpha value is -0.610. The maximum atomic E-state index is 10.8. The molecule has 1 rings (SSSR count). The minimum absolute atomic E-state index is 0.179. The van der Waals surface area contributed by atoms with E-state index in [1.165, 1.54) is 0 Å². The number of hydrogen-bond donors (Lipinski definition) is 2. The normalized spacial score (nSPS) is 24.9. The van der Waals surface area contributed by atoms with Gasteiger partial charge in [0, 0.05) is 37.6 Å². The minimum atomic E-state index is -0.224. The Bertz CT molecular complexity index is 210. The maximum Gasteiger partial charge on any atom is 0.219 e. The molecular weight excluding hydrogens is 178 g/mol. The van der Waals surface area contributed by atoms with Crippen LogP contribution in [0.1, 0.15) is 27.2 Å². The van der Waals surface area contributed by atoms with E-state index < -0.39 is 0 Å². The fraction of sp³-hybridized carbons (Fsp3) is 0.900. The highest BCUT2D eigenvalue weighted by Gasteiger charge is 2.27. The Balaban J connectivity index is 2.48. The molecular formula is C10H21N3O. The van der Waals surface area contributed by atoms with Crippen molar-refractivity contribution in [2.45, 2.75) is 38.8 Å². The first-order valence-corrected chi connectivity index (χ1v) is 5.16. The highest BCUT2D eigenvalue weighted by Crippen LogP contribution is 2.15. The van der Waals surface area contributed by atoms with Gasteiger partial charge in [-0.05, 0) is 20.8 Å². The number of nitrogens with two attached hydrogens (primary N) is 1. The number of nitrogens with one attached hydrogen (secondary N) is 1. The van der Waals surface area contributed by atoms with Gasteiger partial charge in [0.25, 0.3) is 0 Å². The molecule has 0 saturated carbocycles. The number of carbonyl (C=O) groups is 1. The molecule has 82 valence electrons. The summed E-state index contributed by atoms with van der Waals surface area (Å²) in [4.78, 5) is 13.2. The lowest BCUT2D eigenvalue weighted by atomic mass is 10.0. The van der Waals surface area contributed by atoms with Crippen molar-refractivity contribution in [3.63, 3.8) is 0 Å². The van der Waals surface area contributed by atoms with Gasteiger partial charge in [-0.25, -0.2) is 0 Å². The van der Waals surface area contributed by atoms with E-state index in [2.05, 4.69) is 31.0 Å². The highest BCUT2D eigenvalue weighted by molar-refractivity contribution is 5.74. The van der Waals surface area contributed by atoms with E-state index in [0.717, 1.165) is 19.6 Å². The van der Waals surface area contributed by atoms with Crippen molar-refractivity contribution >= 4 is 5.91 Å². The van der Waals surface area contributed by atoms with Gasteiger partial charge in [-0.2, -0.15) is 0 Å². The molecule has 0 bridgehead atoms. The fourth-order valence-electron chi connectivity index (χ4n) is 1.81. The molecule has 14 heavy (non-hydrogen) atoms. The molecule has 1 amide bonds. The van der Waals surface area contributed by atoms with E-state index in [1.54, 1.807) is 0 Å². The molecule has 0 aromatic heterocycles. The topological polar surface area (TPSA) is 58.4 Å². The molecule has 1 fully saturated rings. The molecule has 0 spiro atoms. The molecule has 1 heterocycles. The first-order chi connectivity index (χ1) is 6.39. The number of carbonyl (C=O) groups excluding carboxylic acids is 1. The quantitative estimate of drug-likeness (QED) is 0.655. The van der Waals surface area contributed by atoms with Crippen molar-refractivity contribution < 1.29 is 4.79 Å². The van der Waals surface area contributed by atoms with Crippen molar-refractivity contribution in [3.8, 4) is 0 Å². The number of piperazine rings is 1. The van der Waals surface area contributed by atoms with E-state index in [-0.39, 0.29) is 17.5 Å². The first kappa shape index (κ1) is 11.5. The van der Waals surface area contributed by atoms with Crippen LogP contribution in [0, 0.1) is 0 Å². The van der Waals surface area contributed by atoms with Gasteiger partial charge in [0.1, 0.15) is 0 Å². The summed E-state index contributed by atoms with van der Waals surface area (Å²) in [5.41, 5.74) is 5.36. The van der Waals surface area contributed by atoms with Crippen LogP contribution in [0.25, 0.3) is 0 Å². The third kappa shape index (κ3) is 3.27. The van der Waals surface area contributed by atoms with Crippen LogP contribution in [0.5, 0.6) is 0 Å². The molecule has 1 aliphatic rings. The summed E-state index contributed by atoms with van der Waals surface area (Å²) < 4.78 is 0. The van der Waals surface area contributed by atoms with Gasteiger partial charge < -0.3 is 11.1 Å². The summed E-state index contributed by atoms with van der Waals surface area (Å²) in [6.07, 6.45) is 0.437. The number of hydrogen-bond acceptors (Lipinski definition) is 3. The number of nitrogens with zero attached hydrogens (tertiary/aromatic N) is 1. The van der Waals surface area contributed by atoms with Crippen LogP contribution in [0.2, 0.25) is 0 Å². The lowest BCUT2D eigenvalue weighted by Crippen LogP contribution is -2.57. The second-order valence-corrected chi connectivity index (χ2v) is 4.94. The van der Waals surface area contributed by atoms with Gasteiger partial charge in [-0.15, -0.1) is 0 Å². The summed E-state index contributed by atoms with van der Waals surface area (Å²) in [6.45, 7) is 9.47. The van der Waals surface area contributed by atoms with Gasteiger partial charge in [-0.3, -0.25) is 9.69 Å². The van der Waals surface area contributed by atoms with Gasteiger partial charge >= 0.3 is 0 Å². The Morgan fingerprint density at radius 2 is 2.21 bits per heavy atom. The van der Waals surface area contributed by atoms with Crippen LogP contribution in [-0.2, 0) is 4.79 Å². The summed E-state index contributed by atoms with van der Waals surface area (Å²) >= 11 is 0. The average Bonchev–Trinajstić information content (AvgIpc) is 2.01. The third-order valence-corrected chi connectivity index (χ3v) is 2.65. The molecule has 0 aliphatic carbocycles. The zero-order valence-electron chi connectivity index (χ0n) is 9.34. The predicted molar refractivity (Wildman–Crippen MR) is 56.9 cm³/mol. The summed E-state index contributed by atoms with van der Waals surface area (Å²) in [5, 5.41) is 3.31. The fourth-order valence-corrected chi connectivity index (χ4v) is 1.81. The number of amides is 1. The molecule has 0 aromatic carbocycles. The summed E-state index contributed by atoms with van der Waals surface area (Å²) in [7, 11) is 0. The third-order valence-electron chi connectivity index (χ3n) is 2.65. The molecule has 0 unspecified atom stereocenters. The molecule has 3 N–H and O–H groups in total. The Morgan fingerprint density at radius 3 is 2.71 bits per heavy atom. The predicted octanol–water partition coefficient (Wildman–Crippen LogP) is -0.0659. The lowest BCUT2D eigenvalue weighted by molar-refractivity contribution is -0.118. The van der Waals surface area contributed by atoms with Crippen molar-refractivity contribution in [2.24, 2.45) is 5.73 Å². The highest BCUT2D eigenvalue weighted by atomic mass is 16.1. The van der Waals surface area contributed by atoms with Crippen LogP contribution < -0.4 is 11.1 Å². The number of rotatable bonds is 2. The van der Waals surface area contributed by atoms with E-state index >= 15 is 0 Å².